The van der Waals surface area contributed by atoms with Crippen molar-refractivity contribution in [2.45, 2.75) is 115 Å². The molecule has 1 unspecified atom stereocenters. The van der Waals surface area contributed by atoms with Gasteiger partial charge in [0, 0.05) is 6.42 Å². The maximum atomic E-state index is 11.7. The van der Waals surface area contributed by atoms with Gasteiger partial charge in [0.15, 0.2) is 11.9 Å². The number of esters is 2. The van der Waals surface area contributed by atoms with Crippen LogP contribution in [0.1, 0.15) is 96.8 Å². The van der Waals surface area contributed by atoms with E-state index in [4.69, 9.17) is 5.11 Å². The molecule has 31 heavy (non-hydrogen) atoms. The smallest absolute Gasteiger partial charge is 0.870 e. The van der Waals surface area contributed by atoms with Gasteiger partial charge in [0.05, 0.1) is 0 Å². The second kappa shape index (κ2) is 17.7. The summed E-state index contributed by atoms with van der Waals surface area (Å²) in [5.74, 6) is -4.30. The fourth-order valence-corrected chi connectivity index (χ4v) is 3.38. The first-order valence-corrected chi connectivity index (χ1v) is 11.2. The molecule has 0 aromatic rings. The molecule has 9 heteroatoms. The largest absolute Gasteiger partial charge is 1.00 e. The maximum Gasteiger partial charge on any atom is 1.00 e. The number of unbranched alkanes of at least 4 members (excludes halogenated alkanes) is 12. The molecule has 0 saturated carbocycles. The molecule has 1 aliphatic heterocycles. The van der Waals surface area contributed by atoms with Crippen LogP contribution in [-0.4, -0.2) is 45.8 Å². The molecule has 0 aliphatic carbocycles. The molecule has 1 heterocycles. The number of carbonyl (C=O) groups excluding carboxylic acids is 2. The van der Waals surface area contributed by atoms with Crippen molar-refractivity contribution in [1.82, 2.24) is 0 Å². The third-order valence-corrected chi connectivity index (χ3v) is 5.26. The van der Waals surface area contributed by atoms with Crippen LogP contribution < -0.4 is 34.7 Å². The maximum absolute atomic E-state index is 11.7. The summed E-state index contributed by atoms with van der Waals surface area (Å²) in [6, 6.07) is 0. The van der Waals surface area contributed by atoms with E-state index in [1.165, 1.54) is 57.8 Å². The van der Waals surface area contributed by atoms with Crippen LogP contribution in [0, 0.1) is 0 Å². The summed E-state index contributed by atoms with van der Waals surface area (Å²) in [6.45, 7) is 2.22. The summed E-state index contributed by atoms with van der Waals surface area (Å²) in [4.78, 5) is 22.8. The first-order valence-electron chi connectivity index (χ1n) is 11.2. The topological polar surface area (TPSA) is 136 Å². The molecule has 0 bridgehead atoms. The van der Waals surface area contributed by atoms with E-state index < -0.39 is 42.0 Å². The van der Waals surface area contributed by atoms with Crippen molar-refractivity contribution in [3.05, 3.63) is 11.5 Å². The Balaban J connectivity index is 0.00000900. The Bertz CT molecular complexity index is 552. The Morgan fingerprint density at radius 3 is 1.84 bits per heavy atom. The normalized spacial score (nSPS) is 17.8. The van der Waals surface area contributed by atoms with E-state index in [0.29, 0.717) is 6.42 Å². The molecule has 3 atom stereocenters. The average Bonchev–Trinajstić information content (AvgIpc) is 2.98. The number of aliphatic hydroxyl groups is 3. The standard InChI is InChI=1S/C22H38O8.Na/c1-2-3-4-5-6-7-8-9-10-11-12-13-14-15-16(23)29-22(28)19(26)20-17(24)18(25)21(27)30-20;/h19-20,22,24-26,28H,2-15H2,1H3;/q;+1/p-1/t19-,20+,22?;/m1./s1. The Kier molecular flexibility index (Phi) is 17.3. The van der Waals surface area contributed by atoms with E-state index in [0.717, 1.165) is 19.3 Å². The second-order valence-corrected chi connectivity index (χ2v) is 7.90. The minimum Gasteiger partial charge on any atom is -0.870 e. The third kappa shape index (κ3) is 12.1. The molecular weight excluding hydrogens is 415 g/mol. The Hall–Kier alpha value is -0.800. The molecule has 0 saturated heterocycles. The van der Waals surface area contributed by atoms with Crippen LogP contribution in [0.25, 0.3) is 0 Å². The van der Waals surface area contributed by atoms with Crippen LogP contribution in [0.4, 0.5) is 0 Å². The summed E-state index contributed by atoms with van der Waals surface area (Å²) in [5, 5.41) is 40.2. The number of carbonyl (C=O) groups is 2. The molecule has 8 nitrogen and oxygen atoms in total. The van der Waals surface area contributed by atoms with E-state index in [9.17, 15) is 24.9 Å². The molecule has 3 N–H and O–H groups in total. The van der Waals surface area contributed by atoms with Crippen LogP contribution in [0.15, 0.2) is 11.5 Å². The van der Waals surface area contributed by atoms with E-state index in [1.807, 2.05) is 0 Å². The van der Waals surface area contributed by atoms with Crippen molar-refractivity contribution in [2.75, 3.05) is 0 Å². The predicted molar refractivity (Wildman–Crippen MR) is 108 cm³/mol. The Morgan fingerprint density at radius 2 is 1.42 bits per heavy atom. The molecule has 0 spiro atoms. The van der Waals surface area contributed by atoms with Gasteiger partial charge >= 0.3 is 41.5 Å². The Labute approximate surface area is 207 Å². The van der Waals surface area contributed by atoms with Crippen molar-refractivity contribution in [3.63, 3.8) is 0 Å². The molecule has 0 aromatic heterocycles. The van der Waals surface area contributed by atoms with Crippen LogP contribution in [-0.2, 0) is 19.1 Å². The summed E-state index contributed by atoms with van der Waals surface area (Å²) < 4.78 is 9.14. The van der Waals surface area contributed by atoms with Crippen LogP contribution in [0.2, 0.25) is 0 Å². The van der Waals surface area contributed by atoms with Crippen LogP contribution >= 0.6 is 0 Å². The average molecular weight is 453 g/mol. The van der Waals surface area contributed by atoms with E-state index in [2.05, 4.69) is 16.4 Å². The second-order valence-electron chi connectivity index (χ2n) is 7.90. The van der Waals surface area contributed by atoms with Crippen molar-refractivity contribution in [1.29, 1.82) is 0 Å². The molecule has 1 aliphatic rings. The molecular formula is C22H37NaO8. The first kappa shape index (κ1) is 30.2. The zero-order valence-electron chi connectivity index (χ0n) is 19.0. The summed E-state index contributed by atoms with van der Waals surface area (Å²) in [7, 11) is 0. The molecule has 1 rings (SSSR count). The zero-order valence-corrected chi connectivity index (χ0v) is 21.0. The van der Waals surface area contributed by atoms with Crippen molar-refractivity contribution < 1.29 is 69.0 Å². The minimum atomic E-state index is -2.02. The number of rotatable bonds is 17. The first-order chi connectivity index (χ1) is 14.4. The number of hydrogen-bond acceptors (Lipinski definition) is 8. The summed E-state index contributed by atoms with van der Waals surface area (Å²) >= 11 is 0. The van der Waals surface area contributed by atoms with Crippen LogP contribution in [0.3, 0.4) is 0 Å². The van der Waals surface area contributed by atoms with Crippen LogP contribution in [0.5, 0.6) is 0 Å². The van der Waals surface area contributed by atoms with E-state index in [-0.39, 0.29) is 36.0 Å². The van der Waals surface area contributed by atoms with Crippen molar-refractivity contribution in [3.8, 4) is 0 Å². The molecule has 174 valence electrons. The third-order valence-electron chi connectivity index (χ3n) is 5.26. The Morgan fingerprint density at radius 1 is 0.968 bits per heavy atom. The van der Waals surface area contributed by atoms with Gasteiger partial charge in [-0.05, 0) is 12.2 Å². The summed E-state index contributed by atoms with van der Waals surface area (Å²) in [5.41, 5.74) is 0. The fourth-order valence-electron chi connectivity index (χ4n) is 3.38. The van der Waals surface area contributed by atoms with Gasteiger partial charge in [-0.15, -0.1) is 0 Å². The van der Waals surface area contributed by atoms with Crippen molar-refractivity contribution >= 4 is 11.9 Å². The monoisotopic (exact) mass is 452 g/mol. The van der Waals surface area contributed by atoms with Gasteiger partial charge in [-0.25, -0.2) is 4.79 Å². The van der Waals surface area contributed by atoms with Gasteiger partial charge in [0.2, 0.25) is 6.29 Å². The number of hydrogen-bond donors (Lipinski definition) is 3. The molecule has 0 fully saturated rings. The molecule has 0 amide bonds. The quantitative estimate of drug-likeness (QED) is 0.119. The minimum absolute atomic E-state index is 0. The van der Waals surface area contributed by atoms with Gasteiger partial charge in [-0.3, -0.25) is 4.79 Å². The number of ether oxygens (including phenoxy) is 2. The van der Waals surface area contributed by atoms with Crippen molar-refractivity contribution in [2.24, 2.45) is 0 Å². The van der Waals surface area contributed by atoms with Gasteiger partial charge in [0.25, 0.3) is 0 Å². The van der Waals surface area contributed by atoms with E-state index >= 15 is 0 Å². The molecule has 0 aromatic carbocycles. The van der Waals surface area contributed by atoms with E-state index in [1.54, 1.807) is 0 Å². The number of cyclic esters (lactones) is 1. The fraction of sp³-hybridized carbons (Fsp3) is 0.818. The van der Waals surface area contributed by atoms with Gasteiger partial charge in [-0.1, -0.05) is 84.0 Å². The van der Waals surface area contributed by atoms with Gasteiger partial charge < -0.3 is 29.9 Å². The zero-order chi connectivity index (χ0) is 22.4. The number of aliphatic hydroxyl groups excluding tert-OH is 3. The summed E-state index contributed by atoms with van der Waals surface area (Å²) in [6.07, 6.45) is 9.63. The predicted octanol–water partition coefficient (Wildman–Crippen LogP) is -0.250. The van der Waals surface area contributed by atoms with Gasteiger partial charge in [0.1, 0.15) is 6.10 Å². The molecule has 0 radical (unpaired) electrons. The SMILES string of the molecule is CCCCCCCCCCCCCCCC(=O)OC(O)[C@H](O)[C@H]1OC(=O)C(O)=C1[O-].[Na+]. The van der Waals surface area contributed by atoms with Gasteiger partial charge in [-0.2, -0.15) is 0 Å².